The van der Waals surface area contributed by atoms with Gasteiger partial charge in [0.25, 0.3) is 0 Å². The van der Waals surface area contributed by atoms with Crippen molar-refractivity contribution >= 4 is 27.9 Å². The lowest BCUT2D eigenvalue weighted by atomic mass is 10.2. The number of rotatable bonds is 6. The predicted octanol–water partition coefficient (Wildman–Crippen LogP) is 2.76. The number of nitrogens with zero attached hydrogens (tertiary/aromatic N) is 2. The summed E-state index contributed by atoms with van der Waals surface area (Å²) in [5.74, 6) is -0.791. The Balaban J connectivity index is 1.54. The molecule has 1 unspecified atom stereocenters. The summed E-state index contributed by atoms with van der Waals surface area (Å²) in [7, 11) is -4.00. The summed E-state index contributed by atoms with van der Waals surface area (Å²) >= 11 is 0. The number of amides is 2. The van der Waals surface area contributed by atoms with Gasteiger partial charge in [-0.2, -0.15) is 17.5 Å². The smallest absolute Gasteiger partial charge is 0.341 e. The van der Waals surface area contributed by atoms with Crippen LogP contribution in [0.5, 0.6) is 0 Å². The summed E-state index contributed by atoms with van der Waals surface area (Å²) in [6, 6.07) is 11.7. The molecule has 1 N–H and O–H groups in total. The van der Waals surface area contributed by atoms with Crippen molar-refractivity contribution in [3.8, 4) is 0 Å². The first-order chi connectivity index (χ1) is 16.0. The number of hydrogen-bond acceptors (Lipinski definition) is 4. The summed E-state index contributed by atoms with van der Waals surface area (Å²) < 4.78 is 64.9. The summed E-state index contributed by atoms with van der Waals surface area (Å²) in [6.45, 7) is 1.72. The molecule has 1 aliphatic heterocycles. The summed E-state index contributed by atoms with van der Waals surface area (Å²) in [6.07, 6.45) is -1.61. The minimum absolute atomic E-state index is 0.0102. The van der Waals surface area contributed by atoms with Crippen molar-refractivity contribution in [2.45, 2.75) is 24.0 Å². The maximum Gasteiger partial charge on any atom is 0.416 e. The van der Waals surface area contributed by atoms with Crippen molar-refractivity contribution in [1.29, 1.82) is 0 Å². The van der Waals surface area contributed by atoms with Crippen LogP contribution < -0.4 is 5.32 Å². The van der Waals surface area contributed by atoms with Gasteiger partial charge in [0.05, 0.1) is 10.5 Å². The van der Waals surface area contributed by atoms with Crippen LogP contribution in [-0.4, -0.2) is 61.7 Å². The summed E-state index contributed by atoms with van der Waals surface area (Å²) in [5, 5.41) is 2.59. The van der Waals surface area contributed by atoms with Gasteiger partial charge < -0.3 is 10.2 Å². The number of halogens is 3. The highest BCUT2D eigenvalue weighted by molar-refractivity contribution is 7.89. The Labute approximate surface area is 195 Å². The van der Waals surface area contributed by atoms with Crippen LogP contribution in [0.1, 0.15) is 18.1 Å². The van der Waals surface area contributed by atoms with Gasteiger partial charge in [0.1, 0.15) is 6.04 Å². The molecule has 3 rings (SSSR count). The number of nitrogens with one attached hydrogen (secondary N) is 1. The minimum Gasteiger partial charge on any atom is -0.341 e. The van der Waals surface area contributed by atoms with E-state index in [2.05, 4.69) is 5.32 Å². The first-order valence-electron chi connectivity index (χ1n) is 10.5. The highest BCUT2D eigenvalue weighted by atomic mass is 32.2. The van der Waals surface area contributed by atoms with Crippen LogP contribution in [-0.2, 0) is 25.8 Å². The highest BCUT2D eigenvalue weighted by Crippen LogP contribution is 2.30. The quantitative estimate of drug-likeness (QED) is 0.625. The molecule has 1 atom stereocenters. The Hall–Kier alpha value is -3.18. The molecule has 1 heterocycles. The van der Waals surface area contributed by atoms with Gasteiger partial charge in [-0.15, -0.1) is 0 Å². The number of carbonyl (C=O) groups excluding carboxylic acids is 2. The molecule has 0 aliphatic carbocycles. The van der Waals surface area contributed by atoms with Crippen molar-refractivity contribution in [2.75, 3.05) is 26.2 Å². The zero-order valence-electron chi connectivity index (χ0n) is 18.3. The van der Waals surface area contributed by atoms with E-state index in [1.807, 2.05) is 30.3 Å². The fourth-order valence-electron chi connectivity index (χ4n) is 3.45. The molecule has 2 aromatic rings. The number of benzene rings is 2. The SMILES string of the molecule is CC(NC(=O)/C=C/c1ccccc1)C(=O)N1CCN(S(=O)(=O)c2ccc(C(F)(F)F)cc2)CC1. The van der Waals surface area contributed by atoms with Crippen LogP contribution in [0.25, 0.3) is 6.08 Å². The molecule has 1 fully saturated rings. The van der Waals surface area contributed by atoms with Crippen molar-refractivity contribution in [1.82, 2.24) is 14.5 Å². The molecule has 7 nitrogen and oxygen atoms in total. The van der Waals surface area contributed by atoms with Crippen LogP contribution in [0.2, 0.25) is 0 Å². The zero-order chi connectivity index (χ0) is 24.9. The third-order valence-corrected chi connectivity index (χ3v) is 7.24. The average Bonchev–Trinajstić information content (AvgIpc) is 2.82. The van der Waals surface area contributed by atoms with E-state index < -0.39 is 33.7 Å². The number of carbonyl (C=O) groups is 2. The first kappa shape index (κ1) is 25.4. The Morgan fingerprint density at radius 3 is 2.12 bits per heavy atom. The lowest BCUT2D eigenvalue weighted by Crippen LogP contribution is -2.54. The second-order valence-corrected chi connectivity index (χ2v) is 9.66. The molecule has 0 spiro atoms. The van der Waals surface area contributed by atoms with Gasteiger partial charge in [0, 0.05) is 32.3 Å². The number of piperazine rings is 1. The van der Waals surface area contributed by atoms with E-state index in [1.165, 1.54) is 11.0 Å². The monoisotopic (exact) mass is 495 g/mol. The van der Waals surface area contributed by atoms with E-state index in [4.69, 9.17) is 0 Å². The molecule has 0 aromatic heterocycles. The maximum atomic E-state index is 12.8. The fraction of sp³-hybridized carbons (Fsp3) is 0.304. The fourth-order valence-corrected chi connectivity index (χ4v) is 4.87. The van der Waals surface area contributed by atoms with Crippen LogP contribution in [0.15, 0.2) is 65.6 Å². The molecule has 0 radical (unpaired) electrons. The van der Waals surface area contributed by atoms with Gasteiger partial charge >= 0.3 is 6.18 Å². The van der Waals surface area contributed by atoms with Crippen molar-refractivity contribution in [3.05, 3.63) is 71.8 Å². The van der Waals surface area contributed by atoms with Crippen LogP contribution >= 0.6 is 0 Å². The second-order valence-electron chi connectivity index (χ2n) is 7.73. The molecule has 1 aliphatic rings. The lowest BCUT2D eigenvalue weighted by molar-refractivity contribution is -0.137. The molecule has 2 aromatic carbocycles. The highest BCUT2D eigenvalue weighted by Gasteiger charge is 2.34. The van der Waals surface area contributed by atoms with Crippen LogP contribution in [0.3, 0.4) is 0 Å². The molecular weight excluding hydrogens is 471 g/mol. The van der Waals surface area contributed by atoms with E-state index in [-0.39, 0.29) is 37.0 Å². The molecule has 1 saturated heterocycles. The van der Waals surface area contributed by atoms with Crippen LogP contribution in [0, 0.1) is 0 Å². The maximum absolute atomic E-state index is 12.8. The first-order valence-corrected chi connectivity index (χ1v) is 11.9. The lowest BCUT2D eigenvalue weighted by Gasteiger charge is -2.35. The third kappa shape index (κ3) is 6.23. The van der Waals surface area contributed by atoms with Crippen molar-refractivity contribution < 1.29 is 31.2 Å². The van der Waals surface area contributed by atoms with Crippen molar-refractivity contribution in [2.24, 2.45) is 0 Å². The number of sulfonamides is 1. The minimum atomic E-state index is -4.56. The van der Waals surface area contributed by atoms with Crippen LogP contribution in [0.4, 0.5) is 13.2 Å². The molecule has 2 amide bonds. The second kappa shape index (κ2) is 10.4. The van der Waals surface area contributed by atoms with Gasteiger partial charge in [0.2, 0.25) is 21.8 Å². The van der Waals surface area contributed by atoms with Gasteiger partial charge in [-0.05, 0) is 42.8 Å². The normalized spacial score (nSPS) is 16.4. The van der Waals surface area contributed by atoms with E-state index in [1.54, 1.807) is 13.0 Å². The molecule has 11 heteroatoms. The standard InChI is InChI=1S/C23H24F3N3O4S/c1-17(27-21(30)12-7-18-5-3-2-4-6-18)22(31)28-13-15-29(16-14-28)34(32,33)20-10-8-19(9-11-20)23(24,25)26/h2-12,17H,13-16H2,1H3,(H,27,30)/b12-7+. The Morgan fingerprint density at radius 2 is 1.56 bits per heavy atom. The number of hydrogen-bond donors (Lipinski definition) is 1. The topological polar surface area (TPSA) is 86.8 Å². The molecule has 0 saturated carbocycles. The van der Waals surface area contributed by atoms with Gasteiger partial charge in [-0.3, -0.25) is 9.59 Å². The Kier molecular flexibility index (Phi) is 7.78. The van der Waals surface area contributed by atoms with E-state index in [9.17, 15) is 31.2 Å². The van der Waals surface area contributed by atoms with E-state index in [0.717, 1.165) is 34.1 Å². The molecule has 34 heavy (non-hydrogen) atoms. The molecule has 0 bridgehead atoms. The molecular formula is C23H24F3N3O4S. The van der Waals surface area contributed by atoms with E-state index in [0.29, 0.717) is 0 Å². The van der Waals surface area contributed by atoms with E-state index >= 15 is 0 Å². The largest absolute Gasteiger partial charge is 0.416 e. The predicted molar refractivity (Wildman–Crippen MR) is 120 cm³/mol. The summed E-state index contributed by atoms with van der Waals surface area (Å²) in [5.41, 5.74) is -0.0986. The van der Waals surface area contributed by atoms with Gasteiger partial charge in [-0.25, -0.2) is 8.42 Å². The average molecular weight is 496 g/mol. The van der Waals surface area contributed by atoms with Gasteiger partial charge in [-0.1, -0.05) is 30.3 Å². The molecule has 182 valence electrons. The Bertz CT molecular complexity index is 1140. The van der Waals surface area contributed by atoms with Gasteiger partial charge in [0.15, 0.2) is 0 Å². The Morgan fingerprint density at radius 1 is 0.971 bits per heavy atom. The third-order valence-electron chi connectivity index (χ3n) is 5.33. The number of alkyl halides is 3. The van der Waals surface area contributed by atoms with Crippen molar-refractivity contribution in [3.63, 3.8) is 0 Å². The zero-order valence-corrected chi connectivity index (χ0v) is 19.1. The summed E-state index contributed by atoms with van der Waals surface area (Å²) in [4.78, 5) is 26.0.